The van der Waals surface area contributed by atoms with Gasteiger partial charge in [0.25, 0.3) is 0 Å². The van der Waals surface area contributed by atoms with E-state index in [2.05, 4.69) is 11.8 Å². The lowest BCUT2D eigenvalue weighted by atomic mass is 9.80. The van der Waals surface area contributed by atoms with Crippen LogP contribution in [-0.4, -0.2) is 23.8 Å². The average molecular weight is 306 g/mol. The minimum atomic E-state index is 0.233. The van der Waals surface area contributed by atoms with E-state index in [4.69, 9.17) is 16.9 Å². The van der Waals surface area contributed by atoms with Gasteiger partial charge in [0.15, 0.2) is 0 Å². The predicted molar refractivity (Wildman–Crippen MR) is 93.5 cm³/mol. The number of hydrogen-bond donors (Lipinski definition) is 3. The number of likely N-dealkylation sites (tertiary alicyclic amines) is 1. The Morgan fingerprint density at radius 2 is 1.73 bits per heavy atom. The smallest absolute Gasteiger partial charge is 0.124 e. The first-order valence-electron chi connectivity index (χ1n) is 9.12. The molecule has 2 unspecified atom stereocenters. The molecule has 1 saturated heterocycles. The Morgan fingerprint density at radius 3 is 2.41 bits per heavy atom. The average Bonchev–Trinajstić information content (AvgIpc) is 2.67. The summed E-state index contributed by atoms with van der Waals surface area (Å²) >= 11 is 0. The highest BCUT2D eigenvalue weighted by Gasteiger charge is 2.25. The van der Waals surface area contributed by atoms with E-state index in [1.807, 2.05) is 0 Å². The van der Waals surface area contributed by atoms with Gasteiger partial charge in [-0.2, -0.15) is 0 Å². The molecular formula is C18H34N4. The van der Waals surface area contributed by atoms with Crippen LogP contribution >= 0.6 is 0 Å². The number of nitrogens with two attached hydrogens (primary N) is 2. The minimum absolute atomic E-state index is 0.233. The van der Waals surface area contributed by atoms with Crippen LogP contribution in [0.5, 0.6) is 0 Å². The van der Waals surface area contributed by atoms with Gasteiger partial charge in [0.05, 0.1) is 5.82 Å². The molecule has 0 amide bonds. The van der Waals surface area contributed by atoms with Crippen molar-refractivity contribution in [1.29, 1.82) is 5.41 Å². The maximum Gasteiger partial charge on any atom is 0.124 e. The first-order valence-corrected chi connectivity index (χ1v) is 9.12. The van der Waals surface area contributed by atoms with Crippen LogP contribution in [0.4, 0.5) is 0 Å². The van der Waals surface area contributed by atoms with Crippen molar-refractivity contribution in [3.8, 4) is 0 Å². The van der Waals surface area contributed by atoms with E-state index in [0.29, 0.717) is 5.84 Å². The molecule has 0 aromatic carbocycles. The molecule has 0 spiro atoms. The van der Waals surface area contributed by atoms with Crippen molar-refractivity contribution in [2.75, 3.05) is 13.1 Å². The SMILES string of the molecule is CC1CCN(C(=N)C=C(N)N)CCC1CCC1CCCCC1. The van der Waals surface area contributed by atoms with Crippen LogP contribution in [-0.2, 0) is 0 Å². The standard InChI is InChI=1S/C18H34N4/c1-14-9-11-22(18(21)13-17(19)20)12-10-16(14)8-7-15-5-3-2-4-6-15/h13-16,21H,2-12,19-20H2,1H3. The Balaban J connectivity index is 1.81. The molecule has 2 fully saturated rings. The number of nitrogens with zero attached hydrogens (tertiary/aromatic N) is 1. The molecule has 0 bridgehead atoms. The third kappa shape index (κ3) is 5.22. The second-order valence-electron chi connectivity index (χ2n) is 7.41. The van der Waals surface area contributed by atoms with Crippen LogP contribution in [0.15, 0.2) is 11.9 Å². The maximum absolute atomic E-state index is 8.09. The molecule has 2 rings (SSSR count). The molecule has 1 aliphatic carbocycles. The fourth-order valence-corrected chi connectivity index (χ4v) is 4.16. The lowest BCUT2D eigenvalue weighted by Crippen LogP contribution is -2.31. The van der Waals surface area contributed by atoms with E-state index in [9.17, 15) is 0 Å². The molecule has 2 aliphatic rings. The minimum Gasteiger partial charge on any atom is -0.386 e. The largest absolute Gasteiger partial charge is 0.386 e. The Labute approximate surface area is 135 Å². The quantitative estimate of drug-likeness (QED) is 0.550. The first-order chi connectivity index (χ1) is 10.6. The van der Waals surface area contributed by atoms with Gasteiger partial charge in [-0.1, -0.05) is 45.4 Å². The zero-order valence-electron chi connectivity index (χ0n) is 14.2. The lowest BCUT2D eigenvalue weighted by Gasteiger charge is -2.26. The second kappa shape index (κ2) is 8.44. The molecule has 1 aliphatic heterocycles. The van der Waals surface area contributed by atoms with Crippen molar-refractivity contribution in [3.63, 3.8) is 0 Å². The number of rotatable bonds is 4. The zero-order chi connectivity index (χ0) is 15.9. The summed E-state index contributed by atoms with van der Waals surface area (Å²) in [5, 5.41) is 8.09. The number of amidine groups is 1. The van der Waals surface area contributed by atoms with Crippen LogP contribution in [0.1, 0.15) is 64.7 Å². The summed E-state index contributed by atoms with van der Waals surface area (Å²) in [6, 6.07) is 0. The van der Waals surface area contributed by atoms with Crippen molar-refractivity contribution in [2.24, 2.45) is 29.2 Å². The highest BCUT2D eigenvalue weighted by atomic mass is 15.2. The molecule has 4 nitrogen and oxygen atoms in total. The van der Waals surface area contributed by atoms with Gasteiger partial charge in [-0.05, 0) is 37.0 Å². The Hall–Kier alpha value is -1.19. The summed E-state index contributed by atoms with van der Waals surface area (Å²) in [4.78, 5) is 2.14. The molecule has 0 radical (unpaired) electrons. The predicted octanol–water partition coefficient (Wildman–Crippen LogP) is 3.43. The van der Waals surface area contributed by atoms with E-state index in [-0.39, 0.29) is 5.82 Å². The van der Waals surface area contributed by atoms with Gasteiger partial charge in [0, 0.05) is 19.2 Å². The van der Waals surface area contributed by atoms with Crippen LogP contribution in [0.2, 0.25) is 0 Å². The molecule has 1 heterocycles. The van der Waals surface area contributed by atoms with E-state index >= 15 is 0 Å². The fraction of sp³-hybridized carbons (Fsp3) is 0.833. The molecular weight excluding hydrogens is 272 g/mol. The van der Waals surface area contributed by atoms with E-state index in [1.165, 1.54) is 57.8 Å². The Kier molecular flexibility index (Phi) is 6.59. The zero-order valence-corrected chi connectivity index (χ0v) is 14.2. The molecule has 0 aromatic rings. The highest BCUT2D eigenvalue weighted by Crippen LogP contribution is 2.33. The second-order valence-corrected chi connectivity index (χ2v) is 7.41. The lowest BCUT2D eigenvalue weighted by molar-refractivity contribution is 0.263. The third-order valence-corrected chi connectivity index (χ3v) is 5.74. The van der Waals surface area contributed by atoms with Crippen LogP contribution in [0.3, 0.4) is 0 Å². The molecule has 5 N–H and O–H groups in total. The summed E-state index contributed by atoms with van der Waals surface area (Å²) in [6.45, 7) is 4.33. The summed E-state index contributed by atoms with van der Waals surface area (Å²) in [5.74, 6) is 3.27. The highest BCUT2D eigenvalue weighted by molar-refractivity contribution is 5.90. The van der Waals surface area contributed by atoms with Crippen molar-refractivity contribution >= 4 is 5.84 Å². The summed E-state index contributed by atoms with van der Waals surface area (Å²) in [6.07, 6.45) is 14.0. The first kappa shape index (κ1) is 17.2. The molecule has 126 valence electrons. The molecule has 4 heteroatoms. The van der Waals surface area contributed by atoms with E-state index < -0.39 is 0 Å². The molecule has 0 aromatic heterocycles. The van der Waals surface area contributed by atoms with Crippen molar-refractivity contribution in [1.82, 2.24) is 4.90 Å². The van der Waals surface area contributed by atoms with Gasteiger partial charge in [0.2, 0.25) is 0 Å². The summed E-state index contributed by atoms with van der Waals surface area (Å²) < 4.78 is 0. The van der Waals surface area contributed by atoms with Gasteiger partial charge in [0.1, 0.15) is 5.84 Å². The topological polar surface area (TPSA) is 79.1 Å². The van der Waals surface area contributed by atoms with Gasteiger partial charge >= 0.3 is 0 Å². The van der Waals surface area contributed by atoms with Crippen molar-refractivity contribution in [3.05, 3.63) is 11.9 Å². The van der Waals surface area contributed by atoms with E-state index in [1.54, 1.807) is 6.08 Å². The van der Waals surface area contributed by atoms with E-state index in [0.717, 1.165) is 30.8 Å². The molecule has 22 heavy (non-hydrogen) atoms. The van der Waals surface area contributed by atoms with Crippen molar-refractivity contribution in [2.45, 2.75) is 64.7 Å². The fourth-order valence-electron chi connectivity index (χ4n) is 4.16. The Bertz CT molecular complexity index is 381. The van der Waals surface area contributed by atoms with Gasteiger partial charge in [-0.15, -0.1) is 0 Å². The monoisotopic (exact) mass is 306 g/mol. The Morgan fingerprint density at radius 1 is 1.05 bits per heavy atom. The van der Waals surface area contributed by atoms with Crippen LogP contribution in [0.25, 0.3) is 0 Å². The van der Waals surface area contributed by atoms with Gasteiger partial charge < -0.3 is 16.4 Å². The van der Waals surface area contributed by atoms with Crippen LogP contribution < -0.4 is 11.5 Å². The summed E-state index contributed by atoms with van der Waals surface area (Å²) in [7, 11) is 0. The van der Waals surface area contributed by atoms with Gasteiger partial charge in [-0.3, -0.25) is 5.41 Å². The third-order valence-electron chi connectivity index (χ3n) is 5.74. The van der Waals surface area contributed by atoms with Crippen LogP contribution in [0, 0.1) is 23.2 Å². The molecule has 1 saturated carbocycles. The summed E-state index contributed by atoms with van der Waals surface area (Å²) in [5.41, 5.74) is 11.0. The van der Waals surface area contributed by atoms with Gasteiger partial charge in [-0.25, -0.2) is 0 Å². The van der Waals surface area contributed by atoms with Crippen molar-refractivity contribution < 1.29 is 0 Å². The normalized spacial score (nSPS) is 27.2. The number of hydrogen-bond acceptors (Lipinski definition) is 3. The maximum atomic E-state index is 8.09. The molecule has 2 atom stereocenters. The number of nitrogens with one attached hydrogen (secondary N) is 1.